The van der Waals surface area contributed by atoms with Gasteiger partial charge in [-0.05, 0) is 30.2 Å². The number of nitrogens with one attached hydrogen (secondary N) is 1. The number of hydrogen-bond donors (Lipinski definition) is 1. The molecule has 0 aliphatic carbocycles. The van der Waals surface area contributed by atoms with E-state index < -0.39 is 0 Å². The summed E-state index contributed by atoms with van der Waals surface area (Å²) in [6.45, 7) is 1.86. The lowest BCUT2D eigenvalue weighted by atomic mass is 10.1. The molecule has 29 heavy (non-hydrogen) atoms. The van der Waals surface area contributed by atoms with Gasteiger partial charge in [0.15, 0.2) is 5.13 Å². The summed E-state index contributed by atoms with van der Waals surface area (Å²) in [6.07, 6.45) is 3.60. The minimum absolute atomic E-state index is 0.111. The standard InChI is InChI=1S/C21H17ClN4O2S/c1-13-5-4-6-14(20(13)22)9-15-10-24-21(29-15)25-18(27)12-26-17-8-3-2-7-16(17)23-11-19(26)28/h2-8,10-11H,9,12H2,1H3,(H,24,25,27). The van der Waals surface area contributed by atoms with Gasteiger partial charge in [-0.3, -0.25) is 14.2 Å². The summed E-state index contributed by atoms with van der Waals surface area (Å²) in [5, 5.41) is 4.00. The van der Waals surface area contributed by atoms with Crippen LogP contribution in [-0.2, 0) is 17.8 Å². The Hall–Kier alpha value is -3.03. The minimum atomic E-state index is -0.326. The number of rotatable bonds is 5. The Labute approximate surface area is 175 Å². The smallest absolute Gasteiger partial charge is 0.269 e. The predicted octanol–water partition coefficient (Wildman–Crippen LogP) is 4.04. The summed E-state index contributed by atoms with van der Waals surface area (Å²) in [7, 11) is 0. The first kappa shape index (κ1) is 19.3. The molecule has 4 aromatic rings. The number of thiazole rings is 1. The second kappa shape index (κ2) is 8.14. The lowest BCUT2D eigenvalue weighted by Gasteiger charge is -2.08. The van der Waals surface area contributed by atoms with Gasteiger partial charge in [-0.15, -0.1) is 11.3 Å². The fourth-order valence-electron chi connectivity index (χ4n) is 3.06. The first-order valence-corrected chi connectivity index (χ1v) is 10.1. The van der Waals surface area contributed by atoms with E-state index in [1.165, 1.54) is 22.1 Å². The molecule has 0 saturated carbocycles. The number of nitrogens with zero attached hydrogens (tertiary/aromatic N) is 3. The van der Waals surface area contributed by atoms with E-state index in [0.29, 0.717) is 22.6 Å². The number of aryl methyl sites for hydroxylation is 1. The molecule has 0 saturated heterocycles. The van der Waals surface area contributed by atoms with Gasteiger partial charge >= 0.3 is 0 Å². The van der Waals surface area contributed by atoms with Gasteiger partial charge in [-0.2, -0.15) is 0 Å². The van der Waals surface area contributed by atoms with E-state index in [1.807, 2.05) is 31.2 Å². The van der Waals surface area contributed by atoms with Crippen LogP contribution in [0.1, 0.15) is 16.0 Å². The molecule has 0 radical (unpaired) electrons. The highest BCUT2D eigenvalue weighted by Crippen LogP contribution is 2.26. The summed E-state index contributed by atoms with van der Waals surface area (Å²) in [5.74, 6) is -0.321. The number of carbonyl (C=O) groups is 1. The fourth-order valence-corrected chi connectivity index (χ4v) is 4.10. The van der Waals surface area contributed by atoms with Crippen LogP contribution < -0.4 is 10.9 Å². The molecule has 1 amide bonds. The molecule has 0 bridgehead atoms. The minimum Gasteiger partial charge on any atom is -0.300 e. The zero-order valence-electron chi connectivity index (χ0n) is 15.6. The van der Waals surface area contributed by atoms with Gasteiger partial charge in [0.05, 0.1) is 17.2 Å². The van der Waals surface area contributed by atoms with Gasteiger partial charge < -0.3 is 5.32 Å². The van der Waals surface area contributed by atoms with Crippen LogP contribution in [-0.4, -0.2) is 20.4 Å². The van der Waals surface area contributed by atoms with Gasteiger partial charge in [0.1, 0.15) is 6.54 Å². The van der Waals surface area contributed by atoms with Crippen LogP contribution in [0.3, 0.4) is 0 Å². The third-order valence-corrected chi connectivity index (χ3v) is 5.94. The average molecular weight is 425 g/mol. The van der Waals surface area contributed by atoms with Gasteiger partial charge in [-0.1, -0.05) is 41.9 Å². The van der Waals surface area contributed by atoms with Crippen molar-refractivity contribution in [2.45, 2.75) is 19.9 Å². The number of para-hydroxylation sites is 2. The Kier molecular flexibility index (Phi) is 5.42. The van der Waals surface area contributed by atoms with Crippen LogP contribution in [0.5, 0.6) is 0 Å². The van der Waals surface area contributed by atoms with E-state index in [-0.39, 0.29) is 18.0 Å². The molecule has 2 heterocycles. The van der Waals surface area contributed by atoms with Gasteiger partial charge in [0, 0.05) is 22.5 Å². The maximum Gasteiger partial charge on any atom is 0.269 e. The second-order valence-corrected chi connectivity index (χ2v) is 8.07. The quantitative estimate of drug-likeness (QED) is 0.524. The molecule has 146 valence electrons. The van der Waals surface area contributed by atoms with Crippen molar-refractivity contribution < 1.29 is 4.79 Å². The second-order valence-electron chi connectivity index (χ2n) is 6.58. The number of aromatic nitrogens is 3. The van der Waals surface area contributed by atoms with Crippen LogP contribution in [0.15, 0.2) is 59.7 Å². The van der Waals surface area contributed by atoms with Gasteiger partial charge in [0.25, 0.3) is 5.56 Å². The van der Waals surface area contributed by atoms with E-state index in [9.17, 15) is 9.59 Å². The molecule has 2 aromatic carbocycles. The molecule has 1 N–H and O–H groups in total. The van der Waals surface area contributed by atoms with Crippen LogP contribution in [0.4, 0.5) is 5.13 Å². The van der Waals surface area contributed by atoms with E-state index in [4.69, 9.17) is 11.6 Å². The molecule has 0 spiro atoms. The number of carbonyl (C=O) groups excluding carboxylic acids is 1. The van der Waals surface area contributed by atoms with Crippen LogP contribution >= 0.6 is 22.9 Å². The molecule has 0 fully saturated rings. The van der Waals surface area contributed by atoms with Crippen molar-refractivity contribution in [2.75, 3.05) is 5.32 Å². The van der Waals surface area contributed by atoms with Gasteiger partial charge in [0.2, 0.25) is 5.91 Å². The van der Waals surface area contributed by atoms with Crippen molar-refractivity contribution in [1.29, 1.82) is 0 Å². The molecule has 0 atom stereocenters. The van der Waals surface area contributed by atoms with Gasteiger partial charge in [-0.25, -0.2) is 9.97 Å². The van der Waals surface area contributed by atoms with Crippen molar-refractivity contribution in [2.24, 2.45) is 0 Å². The van der Waals surface area contributed by atoms with Crippen molar-refractivity contribution in [3.05, 3.63) is 86.2 Å². The fraction of sp³-hybridized carbons (Fsp3) is 0.143. The number of halogens is 1. The summed E-state index contributed by atoms with van der Waals surface area (Å²) >= 11 is 7.75. The molecular formula is C21H17ClN4O2S. The number of benzene rings is 2. The van der Waals surface area contributed by atoms with Crippen LogP contribution in [0.2, 0.25) is 5.02 Å². The normalized spacial score (nSPS) is 11.0. The van der Waals surface area contributed by atoms with E-state index in [0.717, 1.165) is 21.0 Å². The molecule has 0 aliphatic rings. The van der Waals surface area contributed by atoms with Crippen molar-refractivity contribution in [3.8, 4) is 0 Å². The maximum atomic E-state index is 12.5. The lowest BCUT2D eigenvalue weighted by Crippen LogP contribution is -2.27. The summed E-state index contributed by atoms with van der Waals surface area (Å²) in [6, 6.07) is 13.1. The Bertz CT molecular complexity index is 1270. The number of hydrogen-bond acceptors (Lipinski definition) is 5. The van der Waals surface area contributed by atoms with Crippen molar-refractivity contribution in [1.82, 2.24) is 14.5 Å². The number of anilines is 1. The Balaban J connectivity index is 1.48. The Morgan fingerprint density at radius 2 is 1.97 bits per heavy atom. The first-order valence-electron chi connectivity index (χ1n) is 8.94. The summed E-state index contributed by atoms with van der Waals surface area (Å²) in [5.41, 5.74) is 2.99. The van der Waals surface area contributed by atoms with Crippen molar-refractivity contribution in [3.63, 3.8) is 0 Å². The number of amides is 1. The molecular weight excluding hydrogens is 408 g/mol. The SMILES string of the molecule is Cc1cccc(Cc2cnc(NC(=O)Cn3c(=O)cnc4ccccc43)s2)c1Cl. The molecule has 2 aromatic heterocycles. The van der Waals surface area contributed by atoms with Crippen molar-refractivity contribution >= 4 is 45.0 Å². The average Bonchev–Trinajstić information content (AvgIpc) is 3.14. The van der Waals surface area contributed by atoms with Crippen LogP contribution in [0, 0.1) is 6.92 Å². The zero-order chi connectivity index (χ0) is 20.4. The highest BCUT2D eigenvalue weighted by molar-refractivity contribution is 7.15. The molecule has 6 nitrogen and oxygen atoms in total. The molecule has 8 heteroatoms. The molecule has 0 aliphatic heterocycles. The monoisotopic (exact) mass is 424 g/mol. The summed E-state index contributed by atoms with van der Waals surface area (Å²) in [4.78, 5) is 34.0. The number of fused-ring (bicyclic) bond motifs is 1. The van der Waals surface area contributed by atoms with E-state index in [2.05, 4.69) is 15.3 Å². The summed E-state index contributed by atoms with van der Waals surface area (Å²) < 4.78 is 1.40. The highest BCUT2D eigenvalue weighted by atomic mass is 35.5. The van der Waals surface area contributed by atoms with E-state index >= 15 is 0 Å². The Morgan fingerprint density at radius 3 is 2.83 bits per heavy atom. The zero-order valence-corrected chi connectivity index (χ0v) is 17.1. The predicted molar refractivity (Wildman–Crippen MR) is 116 cm³/mol. The topological polar surface area (TPSA) is 76.9 Å². The van der Waals surface area contributed by atoms with Crippen LogP contribution in [0.25, 0.3) is 11.0 Å². The largest absolute Gasteiger partial charge is 0.300 e. The third-order valence-electron chi connectivity index (χ3n) is 4.49. The first-order chi connectivity index (χ1) is 14.0. The maximum absolute atomic E-state index is 12.5. The molecule has 4 rings (SSSR count). The molecule has 0 unspecified atom stereocenters. The third kappa shape index (κ3) is 4.21. The van der Waals surface area contributed by atoms with E-state index in [1.54, 1.807) is 24.4 Å². The highest BCUT2D eigenvalue weighted by Gasteiger charge is 2.12. The lowest BCUT2D eigenvalue weighted by molar-refractivity contribution is -0.116. The Morgan fingerprint density at radius 1 is 1.14 bits per heavy atom.